The van der Waals surface area contributed by atoms with Crippen molar-refractivity contribution in [3.8, 4) is 0 Å². The van der Waals surface area contributed by atoms with Crippen LogP contribution in [0.15, 0.2) is 0 Å². The predicted octanol–water partition coefficient (Wildman–Crippen LogP) is 1.58. The van der Waals surface area contributed by atoms with E-state index < -0.39 is 5.60 Å². The van der Waals surface area contributed by atoms with Gasteiger partial charge >= 0.3 is 6.09 Å². The lowest BCUT2D eigenvalue weighted by atomic mass is 9.94. The Morgan fingerprint density at radius 2 is 1.45 bits per heavy atom. The van der Waals surface area contributed by atoms with Crippen LogP contribution in [0.2, 0.25) is 0 Å². The maximum absolute atomic E-state index is 12.5. The van der Waals surface area contributed by atoms with Crippen molar-refractivity contribution in [3.63, 3.8) is 0 Å². The highest BCUT2D eigenvalue weighted by atomic mass is 16.6. The Morgan fingerprint density at radius 3 is 1.95 bits per heavy atom. The zero-order valence-corrected chi connectivity index (χ0v) is 14.0. The molecule has 22 heavy (non-hydrogen) atoms. The summed E-state index contributed by atoms with van der Waals surface area (Å²) in [7, 11) is 0. The second-order valence-corrected chi connectivity index (χ2v) is 7.40. The average Bonchev–Trinajstić information content (AvgIpc) is 2.46. The molecule has 0 saturated carbocycles. The number of amides is 2. The van der Waals surface area contributed by atoms with E-state index in [1.54, 1.807) is 4.90 Å². The van der Waals surface area contributed by atoms with Crippen molar-refractivity contribution in [2.75, 3.05) is 26.2 Å². The molecule has 2 aliphatic heterocycles. The first-order chi connectivity index (χ1) is 10.3. The van der Waals surface area contributed by atoms with Crippen molar-refractivity contribution in [2.24, 2.45) is 11.7 Å². The molecule has 2 N–H and O–H groups in total. The minimum atomic E-state index is -0.476. The Labute approximate surface area is 132 Å². The molecule has 2 saturated heterocycles. The topological polar surface area (TPSA) is 75.9 Å². The smallest absolute Gasteiger partial charge is 0.410 e. The molecule has 2 amide bonds. The standard InChI is InChI=1S/C16H29N3O3/c1-16(2,3)22-15(21)19-8-4-12(5-9-19)14(20)18-10-6-13(17)7-11-18/h12-13H,4-11,17H2,1-3H3. The fraction of sp³-hybridized carbons (Fsp3) is 0.875. The molecule has 0 unspecified atom stereocenters. The fourth-order valence-electron chi connectivity index (χ4n) is 3.01. The van der Waals surface area contributed by atoms with Crippen molar-refractivity contribution in [2.45, 2.75) is 58.1 Å². The Morgan fingerprint density at radius 1 is 0.955 bits per heavy atom. The van der Waals surface area contributed by atoms with Crippen LogP contribution in [0.5, 0.6) is 0 Å². The monoisotopic (exact) mass is 311 g/mol. The first-order valence-corrected chi connectivity index (χ1v) is 8.28. The number of nitrogens with two attached hydrogens (primary N) is 1. The average molecular weight is 311 g/mol. The van der Waals surface area contributed by atoms with Gasteiger partial charge in [-0.3, -0.25) is 4.79 Å². The van der Waals surface area contributed by atoms with Crippen molar-refractivity contribution >= 4 is 12.0 Å². The number of piperidine rings is 2. The van der Waals surface area contributed by atoms with E-state index in [0.717, 1.165) is 38.8 Å². The molecule has 0 aromatic heterocycles. The van der Waals surface area contributed by atoms with Gasteiger partial charge in [0, 0.05) is 38.1 Å². The van der Waals surface area contributed by atoms with Crippen LogP contribution in [-0.2, 0) is 9.53 Å². The second kappa shape index (κ2) is 6.86. The maximum Gasteiger partial charge on any atom is 0.410 e. The van der Waals surface area contributed by atoms with Crippen molar-refractivity contribution in [1.29, 1.82) is 0 Å². The lowest BCUT2D eigenvalue weighted by molar-refractivity contribution is -0.138. The van der Waals surface area contributed by atoms with Gasteiger partial charge in [0.2, 0.25) is 5.91 Å². The van der Waals surface area contributed by atoms with Crippen LogP contribution < -0.4 is 5.73 Å². The van der Waals surface area contributed by atoms with Gasteiger partial charge in [-0.15, -0.1) is 0 Å². The Hall–Kier alpha value is -1.30. The van der Waals surface area contributed by atoms with Gasteiger partial charge in [0.15, 0.2) is 0 Å². The molecule has 0 bridgehead atoms. The van der Waals surface area contributed by atoms with E-state index in [0.29, 0.717) is 13.1 Å². The van der Waals surface area contributed by atoms with Gasteiger partial charge in [-0.25, -0.2) is 4.79 Å². The van der Waals surface area contributed by atoms with Gasteiger partial charge in [0.05, 0.1) is 0 Å². The molecule has 0 atom stereocenters. The number of carbonyl (C=O) groups excluding carboxylic acids is 2. The van der Waals surface area contributed by atoms with E-state index in [1.807, 2.05) is 25.7 Å². The largest absolute Gasteiger partial charge is 0.444 e. The molecule has 2 heterocycles. The first-order valence-electron chi connectivity index (χ1n) is 8.28. The van der Waals surface area contributed by atoms with Crippen LogP contribution in [0.1, 0.15) is 46.5 Å². The van der Waals surface area contributed by atoms with Crippen molar-refractivity contribution in [3.05, 3.63) is 0 Å². The fourth-order valence-corrected chi connectivity index (χ4v) is 3.01. The lowest BCUT2D eigenvalue weighted by Gasteiger charge is -2.37. The summed E-state index contributed by atoms with van der Waals surface area (Å²) in [6.45, 7) is 8.32. The molecule has 2 rings (SSSR count). The van der Waals surface area contributed by atoms with E-state index in [1.165, 1.54) is 0 Å². The van der Waals surface area contributed by atoms with E-state index in [-0.39, 0.29) is 24.0 Å². The maximum atomic E-state index is 12.5. The normalized spacial score (nSPS) is 21.8. The minimum absolute atomic E-state index is 0.0352. The first kappa shape index (κ1) is 17.1. The van der Waals surface area contributed by atoms with Crippen LogP contribution in [0.3, 0.4) is 0 Å². The molecule has 6 nitrogen and oxygen atoms in total. The third kappa shape index (κ3) is 4.60. The summed E-state index contributed by atoms with van der Waals surface area (Å²) in [5.41, 5.74) is 5.41. The molecule has 6 heteroatoms. The van der Waals surface area contributed by atoms with Gasteiger partial charge in [-0.05, 0) is 46.5 Å². The molecular weight excluding hydrogens is 282 g/mol. The molecule has 0 aromatic carbocycles. The summed E-state index contributed by atoms with van der Waals surface area (Å²) in [5, 5.41) is 0. The van der Waals surface area contributed by atoms with Crippen LogP contribution in [-0.4, -0.2) is 59.6 Å². The lowest BCUT2D eigenvalue weighted by Crippen LogP contribution is -2.48. The summed E-state index contributed by atoms with van der Waals surface area (Å²) < 4.78 is 5.38. The molecule has 0 aromatic rings. The van der Waals surface area contributed by atoms with E-state index in [9.17, 15) is 9.59 Å². The number of ether oxygens (including phenoxy) is 1. The van der Waals surface area contributed by atoms with Crippen LogP contribution >= 0.6 is 0 Å². The molecule has 2 aliphatic rings. The van der Waals surface area contributed by atoms with Crippen LogP contribution in [0.25, 0.3) is 0 Å². The summed E-state index contributed by atoms with van der Waals surface area (Å²) in [5.74, 6) is 0.267. The van der Waals surface area contributed by atoms with Gasteiger partial charge in [-0.2, -0.15) is 0 Å². The highest BCUT2D eigenvalue weighted by molar-refractivity contribution is 5.79. The van der Waals surface area contributed by atoms with Crippen molar-refractivity contribution in [1.82, 2.24) is 9.80 Å². The zero-order chi connectivity index (χ0) is 16.3. The van der Waals surface area contributed by atoms with Gasteiger partial charge < -0.3 is 20.3 Å². The highest BCUT2D eigenvalue weighted by Gasteiger charge is 2.32. The van der Waals surface area contributed by atoms with E-state index in [4.69, 9.17) is 10.5 Å². The van der Waals surface area contributed by atoms with Crippen LogP contribution in [0, 0.1) is 5.92 Å². The molecular formula is C16H29N3O3. The minimum Gasteiger partial charge on any atom is -0.444 e. The molecule has 126 valence electrons. The second-order valence-electron chi connectivity index (χ2n) is 7.40. The number of carbonyl (C=O) groups is 2. The quantitative estimate of drug-likeness (QED) is 0.798. The van der Waals surface area contributed by atoms with E-state index in [2.05, 4.69) is 0 Å². The highest BCUT2D eigenvalue weighted by Crippen LogP contribution is 2.23. The van der Waals surface area contributed by atoms with Crippen molar-refractivity contribution < 1.29 is 14.3 Å². The Kier molecular flexibility index (Phi) is 5.32. The van der Waals surface area contributed by atoms with E-state index >= 15 is 0 Å². The number of hydrogen-bond acceptors (Lipinski definition) is 4. The number of likely N-dealkylation sites (tertiary alicyclic amines) is 2. The SMILES string of the molecule is CC(C)(C)OC(=O)N1CCC(C(=O)N2CCC(N)CC2)CC1. The van der Waals surface area contributed by atoms with Gasteiger partial charge in [0.25, 0.3) is 0 Å². The Bertz CT molecular complexity index is 403. The third-order valence-corrected chi connectivity index (χ3v) is 4.35. The van der Waals surface area contributed by atoms with Gasteiger partial charge in [-0.1, -0.05) is 0 Å². The number of nitrogens with zero attached hydrogens (tertiary/aromatic N) is 2. The molecule has 2 fully saturated rings. The molecule has 0 spiro atoms. The molecule has 0 aliphatic carbocycles. The Balaban J connectivity index is 1.79. The third-order valence-electron chi connectivity index (χ3n) is 4.35. The predicted molar refractivity (Wildman–Crippen MR) is 84.3 cm³/mol. The number of hydrogen-bond donors (Lipinski definition) is 1. The van der Waals surface area contributed by atoms with Crippen LogP contribution in [0.4, 0.5) is 4.79 Å². The zero-order valence-electron chi connectivity index (χ0n) is 14.0. The molecule has 0 radical (unpaired) electrons. The summed E-state index contributed by atoms with van der Waals surface area (Å²) in [6.07, 6.45) is 2.95. The summed E-state index contributed by atoms with van der Waals surface area (Å²) in [4.78, 5) is 28.2. The summed E-state index contributed by atoms with van der Waals surface area (Å²) in [6, 6.07) is 0.234. The van der Waals surface area contributed by atoms with Gasteiger partial charge in [0.1, 0.15) is 5.60 Å². The summed E-state index contributed by atoms with van der Waals surface area (Å²) >= 11 is 0. The number of rotatable bonds is 1.